The van der Waals surface area contributed by atoms with Crippen LogP contribution in [0.15, 0.2) is 47.8 Å². The van der Waals surface area contributed by atoms with Gasteiger partial charge in [0.1, 0.15) is 17.3 Å². The molecule has 0 bridgehead atoms. The lowest BCUT2D eigenvalue weighted by Crippen LogP contribution is -2.41. The van der Waals surface area contributed by atoms with E-state index in [9.17, 15) is 13.2 Å². The van der Waals surface area contributed by atoms with Crippen molar-refractivity contribution in [2.75, 3.05) is 23.8 Å². The van der Waals surface area contributed by atoms with E-state index in [1.807, 2.05) is 4.90 Å². The number of nitrogen functional groups attached to an aromatic ring is 1. The number of sulfonamides is 1. The number of nitrogens with two attached hydrogens (primary N) is 1. The molecule has 3 N–H and O–H groups in total. The zero-order valence-corrected chi connectivity index (χ0v) is 23.9. The summed E-state index contributed by atoms with van der Waals surface area (Å²) in [7, 11) is -4.27. The van der Waals surface area contributed by atoms with Crippen molar-refractivity contribution in [2.45, 2.75) is 58.5 Å². The Morgan fingerprint density at radius 3 is 2.51 bits per heavy atom. The molecule has 1 aliphatic rings. The number of hydrogen-bond donors (Lipinski definition) is 2. The fourth-order valence-corrected chi connectivity index (χ4v) is 5.52. The van der Waals surface area contributed by atoms with E-state index in [-0.39, 0.29) is 27.4 Å². The molecular weight excluding hydrogens is 518 g/mol. The molecule has 12 heteroatoms. The first-order valence-electron chi connectivity index (χ1n) is 12.7. The maximum absolute atomic E-state index is 13.4. The predicted octanol–water partition coefficient (Wildman–Crippen LogP) is 3.68. The number of anilines is 2. The van der Waals surface area contributed by atoms with Crippen molar-refractivity contribution < 1.29 is 17.9 Å². The lowest BCUT2D eigenvalue weighted by atomic mass is 9.97. The highest BCUT2D eigenvalue weighted by molar-refractivity contribution is 7.90. The standard InChI is InChI=1S/C27H35N7O4S/c1-17-12-27(5,6)34(15-17)24-18(25(35)33-39(36,37)23-9-7-8-21(28)32-23)10-11-19(31-24)20-13-29-14-22(30-20)38-16-26(2,3)4/h7-11,13-14,17H,12,15-16H2,1-6H3,(H2,28,32)(H,33,35). The van der Waals surface area contributed by atoms with Gasteiger partial charge in [-0.15, -0.1) is 0 Å². The number of amides is 1. The molecule has 1 saturated heterocycles. The van der Waals surface area contributed by atoms with Gasteiger partial charge < -0.3 is 15.4 Å². The topological polar surface area (TPSA) is 153 Å². The summed E-state index contributed by atoms with van der Waals surface area (Å²) in [5.74, 6) is 0.272. The number of carbonyl (C=O) groups excluding carboxylic acids is 1. The number of carbonyl (C=O) groups is 1. The minimum absolute atomic E-state index is 0.0275. The molecule has 0 saturated carbocycles. The lowest BCUT2D eigenvalue weighted by molar-refractivity contribution is 0.0981. The molecule has 0 spiro atoms. The lowest BCUT2D eigenvalue weighted by Gasteiger charge is -2.34. The van der Waals surface area contributed by atoms with Gasteiger partial charge in [-0.25, -0.2) is 19.7 Å². The third-order valence-corrected chi connectivity index (χ3v) is 7.46. The fourth-order valence-electron chi connectivity index (χ4n) is 4.57. The Bertz CT molecular complexity index is 1490. The van der Waals surface area contributed by atoms with Crippen LogP contribution in [0.3, 0.4) is 0 Å². The van der Waals surface area contributed by atoms with E-state index in [4.69, 9.17) is 15.5 Å². The summed E-state index contributed by atoms with van der Waals surface area (Å²) in [4.78, 5) is 32.9. The molecule has 1 atom stereocenters. The second-order valence-corrected chi connectivity index (χ2v) is 13.4. The zero-order valence-electron chi connectivity index (χ0n) is 23.1. The number of aromatic nitrogens is 4. The van der Waals surface area contributed by atoms with E-state index in [2.05, 4.69) is 61.2 Å². The second kappa shape index (κ2) is 10.4. The summed E-state index contributed by atoms with van der Waals surface area (Å²) in [5.41, 5.74) is 6.32. The minimum Gasteiger partial charge on any atom is -0.476 e. The molecule has 1 fully saturated rings. The van der Waals surface area contributed by atoms with E-state index < -0.39 is 15.9 Å². The molecular formula is C27H35N7O4S. The van der Waals surface area contributed by atoms with Crippen molar-refractivity contribution in [3.63, 3.8) is 0 Å². The summed E-state index contributed by atoms with van der Waals surface area (Å²) in [6, 6.07) is 7.36. The smallest absolute Gasteiger partial charge is 0.281 e. The molecule has 4 heterocycles. The number of nitrogens with zero attached hydrogens (tertiary/aromatic N) is 5. The second-order valence-electron chi connectivity index (χ2n) is 11.7. The Kier molecular flexibility index (Phi) is 7.53. The van der Waals surface area contributed by atoms with Crippen LogP contribution < -0.4 is 20.1 Å². The first-order valence-corrected chi connectivity index (χ1v) is 14.2. The molecule has 4 rings (SSSR count). The van der Waals surface area contributed by atoms with Gasteiger partial charge in [0.15, 0.2) is 5.03 Å². The van der Waals surface area contributed by atoms with E-state index in [0.29, 0.717) is 42.2 Å². The third-order valence-electron chi connectivity index (χ3n) is 6.22. The summed E-state index contributed by atoms with van der Waals surface area (Å²) in [6.07, 6.45) is 3.99. The van der Waals surface area contributed by atoms with Crippen LogP contribution in [0, 0.1) is 11.3 Å². The minimum atomic E-state index is -4.27. The molecule has 0 aromatic carbocycles. The van der Waals surface area contributed by atoms with E-state index in [1.54, 1.807) is 24.5 Å². The van der Waals surface area contributed by atoms with Gasteiger partial charge in [-0.05, 0) is 55.9 Å². The van der Waals surface area contributed by atoms with Crippen molar-refractivity contribution in [1.82, 2.24) is 24.7 Å². The molecule has 0 radical (unpaired) electrons. The molecule has 11 nitrogen and oxygen atoms in total. The zero-order chi connectivity index (χ0) is 28.6. The number of ether oxygens (including phenoxy) is 1. The van der Waals surface area contributed by atoms with Gasteiger partial charge >= 0.3 is 0 Å². The molecule has 208 valence electrons. The third kappa shape index (κ3) is 6.62. The highest BCUT2D eigenvalue weighted by Crippen LogP contribution is 2.38. The van der Waals surface area contributed by atoms with Gasteiger partial charge in [-0.3, -0.25) is 9.78 Å². The number of nitrogens with one attached hydrogen (secondary N) is 1. The average molecular weight is 554 g/mol. The van der Waals surface area contributed by atoms with E-state index in [0.717, 1.165) is 6.42 Å². The van der Waals surface area contributed by atoms with Crippen molar-refractivity contribution >= 4 is 27.6 Å². The summed E-state index contributed by atoms with van der Waals surface area (Å²) in [5, 5.41) is -0.348. The molecule has 1 amide bonds. The fraction of sp³-hybridized carbons (Fsp3) is 0.444. The summed E-state index contributed by atoms with van der Waals surface area (Å²) < 4.78 is 33.8. The number of hydrogen-bond acceptors (Lipinski definition) is 10. The van der Waals surface area contributed by atoms with Crippen LogP contribution in [0.4, 0.5) is 11.6 Å². The molecule has 0 aliphatic carbocycles. The van der Waals surface area contributed by atoms with E-state index in [1.165, 1.54) is 18.2 Å². The Hall–Kier alpha value is -3.80. The molecule has 1 unspecified atom stereocenters. The van der Waals surface area contributed by atoms with Crippen LogP contribution in [0.5, 0.6) is 5.88 Å². The Balaban J connectivity index is 1.73. The average Bonchev–Trinajstić information content (AvgIpc) is 3.13. The Morgan fingerprint density at radius 2 is 1.87 bits per heavy atom. The van der Waals surface area contributed by atoms with Crippen LogP contribution in [0.2, 0.25) is 0 Å². The van der Waals surface area contributed by atoms with Crippen LogP contribution in [-0.2, 0) is 10.0 Å². The first kappa shape index (κ1) is 28.2. The summed E-state index contributed by atoms with van der Waals surface area (Å²) >= 11 is 0. The number of pyridine rings is 2. The van der Waals surface area contributed by atoms with Crippen LogP contribution >= 0.6 is 0 Å². The quantitative estimate of drug-likeness (QED) is 0.443. The van der Waals surface area contributed by atoms with Gasteiger partial charge in [-0.1, -0.05) is 33.8 Å². The van der Waals surface area contributed by atoms with Crippen LogP contribution in [0.25, 0.3) is 11.4 Å². The highest BCUT2D eigenvalue weighted by atomic mass is 32.2. The van der Waals surface area contributed by atoms with Gasteiger partial charge in [0.25, 0.3) is 15.9 Å². The highest BCUT2D eigenvalue weighted by Gasteiger charge is 2.39. The van der Waals surface area contributed by atoms with Crippen molar-refractivity contribution in [2.24, 2.45) is 11.3 Å². The maximum atomic E-state index is 13.4. The van der Waals surface area contributed by atoms with Crippen molar-refractivity contribution in [3.05, 3.63) is 48.3 Å². The monoisotopic (exact) mass is 553 g/mol. The van der Waals surface area contributed by atoms with Crippen molar-refractivity contribution in [1.29, 1.82) is 0 Å². The van der Waals surface area contributed by atoms with Gasteiger partial charge in [0.2, 0.25) is 5.88 Å². The van der Waals surface area contributed by atoms with Crippen LogP contribution in [0.1, 0.15) is 58.3 Å². The SMILES string of the molecule is CC1CN(c2nc(-c3cncc(OCC(C)(C)C)n3)ccc2C(=O)NS(=O)(=O)c2cccc(N)n2)C(C)(C)C1. The maximum Gasteiger partial charge on any atom is 0.281 e. The molecule has 3 aromatic rings. The Labute approximate surface area is 229 Å². The van der Waals surface area contributed by atoms with Crippen molar-refractivity contribution in [3.8, 4) is 17.3 Å². The molecule has 39 heavy (non-hydrogen) atoms. The van der Waals surface area contributed by atoms with Crippen LogP contribution in [-0.4, -0.2) is 53.0 Å². The van der Waals surface area contributed by atoms with Gasteiger partial charge in [0, 0.05) is 12.1 Å². The Morgan fingerprint density at radius 1 is 1.13 bits per heavy atom. The normalized spacial score (nSPS) is 17.2. The first-order chi connectivity index (χ1) is 18.1. The van der Waals surface area contributed by atoms with Gasteiger partial charge in [0.05, 0.1) is 30.3 Å². The number of rotatable bonds is 7. The summed E-state index contributed by atoms with van der Waals surface area (Å²) in [6.45, 7) is 13.5. The van der Waals surface area contributed by atoms with E-state index >= 15 is 0 Å². The largest absolute Gasteiger partial charge is 0.476 e. The molecule has 3 aromatic heterocycles. The molecule has 1 aliphatic heterocycles. The predicted molar refractivity (Wildman–Crippen MR) is 149 cm³/mol. The van der Waals surface area contributed by atoms with Gasteiger partial charge in [-0.2, -0.15) is 8.42 Å².